The maximum Gasteiger partial charge on any atom is 0.241 e. The van der Waals surface area contributed by atoms with Crippen LogP contribution in [0.1, 0.15) is 11.1 Å². The minimum atomic E-state index is -0.505. The summed E-state index contributed by atoms with van der Waals surface area (Å²) in [6.45, 7) is 3.29. The average molecular weight is 522 g/mol. The second-order valence-corrected chi connectivity index (χ2v) is 9.28. The summed E-state index contributed by atoms with van der Waals surface area (Å²) in [7, 11) is 0. The van der Waals surface area contributed by atoms with E-state index in [1.807, 2.05) is 60.7 Å². The van der Waals surface area contributed by atoms with Crippen LogP contribution in [0.5, 0.6) is 0 Å². The summed E-state index contributed by atoms with van der Waals surface area (Å²) in [6, 6.07) is 21.6. The second-order valence-electron chi connectivity index (χ2n) is 9.28. The van der Waals surface area contributed by atoms with Crippen LogP contribution in [0.15, 0.2) is 72.9 Å². The predicted molar refractivity (Wildman–Crippen MR) is 152 cm³/mol. The van der Waals surface area contributed by atoms with Crippen LogP contribution < -0.4 is 16.0 Å². The Morgan fingerprint density at radius 3 is 2.69 bits per heavy atom. The highest BCUT2D eigenvalue weighted by atomic mass is 19.1. The van der Waals surface area contributed by atoms with Gasteiger partial charge in [0, 0.05) is 61.6 Å². The molecule has 1 amide bonds. The first-order valence-corrected chi connectivity index (χ1v) is 12.7. The maximum atomic E-state index is 12.7. The summed E-state index contributed by atoms with van der Waals surface area (Å²) >= 11 is 0. The summed E-state index contributed by atoms with van der Waals surface area (Å²) < 4.78 is 12.7. The van der Waals surface area contributed by atoms with Crippen LogP contribution in [0.4, 0.5) is 21.7 Å². The smallest absolute Gasteiger partial charge is 0.241 e. The number of nitrogens with one attached hydrogen (secondary N) is 1. The largest absolute Gasteiger partial charge is 0.369 e. The molecule has 3 N–H and O–H groups in total. The first-order valence-electron chi connectivity index (χ1n) is 12.7. The van der Waals surface area contributed by atoms with Crippen molar-refractivity contribution in [1.29, 1.82) is 5.26 Å². The minimum Gasteiger partial charge on any atom is -0.369 e. The van der Waals surface area contributed by atoms with Crippen molar-refractivity contribution in [3.63, 3.8) is 0 Å². The van der Waals surface area contributed by atoms with Gasteiger partial charge < -0.3 is 16.0 Å². The van der Waals surface area contributed by atoms with Gasteiger partial charge in [-0.2, -0.15) is 5.26 Å². The lowest BCUT2D eigenvalue weighted by atomic mass is 10.0. The van der Waals surface area contributed by atoms with Crippen LogP contribution in [-0.4, -0.2) is 60.2 Å². The molecule has 1 fully saturated rings. The van der Waals surface area contributed by atoms with E-state index in [1.165, 1.54) is 6.08 Å². The summed E-state index contributed by atoms with van der Waals surface area (Å²) in [4.78, 5) is 24.7. The molecule has 1 aliphatic rings. The predicted octanol–water partition coefficient (Wildman–Crippen LogP) is 4.50. The number of nitrogens with zero attached hydrogens (tertiary/aromatic N) is 5. The standard InChI is InChI=1S/C30H28FN7O/c31-11-12-37-13-15-38(16-14-37)25-8-9-27(24(18-25)19-32)35-30-34-20-23-5-2-6-26(29(23)36-30)22-4-1-3-21(17-22)7-10-28(33)39/h1-10,17-18,20H,11-16H2,(H2,33,39)(H,34,35,36). The van der Waals surface area contributed by atoms with Gasteiger partial charge in [-0.15, -0.1) is 0 Å². The molecule has 39 heavy (non-hydrogen) atoms. The molecule has 0 saturated carbocycles. The molecule has 8 nitrogen and oxygen atoms in total. The highest BCUT2D eigenvalue weighted by molar-refractivity contribution is 5.95. The number of nitriles is 1. The molecule has 0 unspecified atom stereocenters. The average Bonchev–Trinajstić information content (AvgIpc) is 2.97. The Morgan fingerprint density at radius 1 is 1.10 bits per heavy atom. The number of alkyl halides is 1. The van der Waals surface area contributed by atoms with Crippen molar-refractivity contribution in [2.45, 2.75) is 0 Å². The summed E-state index contributed by atoms with van der Waals surface area (Å²) in [5, 5.41) is 14.0. The van der Waals surface area contributed by atoms with Crippen molar-refractivity contribution in [2.24, 2.45) is 5.73 Å². The van der Waals surface area contributed by atoms with Gasteiger partial charge in [0.1, 0.15) is 12.7 Å². The number of piperazine rings is 1. The van der Waals surface area contributed by atoms with Crippen LogP contribution in [0, 0.1) is 11.3 Å². The number of nitrogens with two attached hydrogens (primary N) is 1. The Morgan fingerprint density at radius 2 is 1.92 bits per heavy atom. The highest BCUT2D eigenvalue weighted by Gasteiger charge is 2.18. The van der Waals surface area contributed by atoms with E-state index in [-0.39, 0.29) is 6.67 Å². The minimum absolute atomic E-state index is 0.335. The zero-order chi connectivity index (χ0) is 27.2. The molecule has 196 valence electrons. The third-order valence-electron chi connectivity index (χ3n) is 6.76. The van der Waals surface area contributed by atoms with Gasteiger partial charge >= 0.3 is 0 Å². The number of fused-ring (bicyclic) bond motifs is 1. The number of hydrogen-bond acceptors (Lipinski definition) is 7. The summed E-state index contributed by atoms with van der Waals surface area (Å²) in [5.41, 5.74) is 10.8. The SMILES string of the molecule is N#Cc1cc(N2CCN(CCF)CC2)ccc1Nc1ncc2cccc(-c3cccc(C=CC(N)=O)c3)c2n1. The molecular weight excluding hydrogens is 493 g/mol. The molecule has 1 aliphatic heterocycles. The topological polar surface area (TPSA) is 111 Å². The quantitative estimate of drug-likeness (QED) is 0.328. The van der Waals surface area contributed by atoms with Crippen molar-refractivity contribution in [3.05, 3.63) is 84.1 Å². The van der Waals surface area contributed by atoms with E-state index < -0.39 is 5.91 Å². The zero-order valence-corrected chi connectivity index (χ0v) is 21.3. The van der Waals surface area contributed by atoms with Crippen molar-refractivity contribution in [1.82, 2.24) is 14.9 Å². The number of anilines is 3. The Balaban J connectivity index is 1.41. The van der Waals surface area contributed by atoms with Gasteiger partial charge in [0.15, 0.2) is 0 Å². The van der Waals surface area contributed by atoms with Gasteiger partial charge in [0.05, 0.1) is 16.8 Å². The Labute approximate surface area is 226 Å². The van der Waals surface area contributed by atoms with Crippen molar-refractivity contribution in [2.75, 3.05) is 49.6 Å². The first kappa shape index (κ1) is 25.8. The van der Waals surface area contributed by atoms with Crippen LogP contribution in [-0.2, 0) is 4.79 Å². The van der Waals surface area contributed by atoms with Gasteiger partial charge in [0.25, 0.3) is 0 Å². The number of halogens is 1. The van der Waals surface area contributed by atoms with E-state index >= 15 is 0 Å². The molecule has 5 rings (SSSR count). The number of primary amides is 1. The Hall–Kier alpha value is -4.81. The lowest BCUT2D eigenvalue weighted by Crippen LogP contribution is -2.47. The van der Waals surface area contributed by atoms with Gasteiger partial charge in [-0.25, -0.2) is 14.4 Å². The van der Waals surface area contributed by atoms with E-state index in [1.54, 1.807) is 12.3 Å². The number of hydrogen-bond donors (Lipinski definition) is 2. The van der Waals surface area contributed by atoms with Crippen molar-refractivity contribution >= 4 is 40.2 Å². The molecule has 0 spiro atoms. The lowest BCUT2D eigenvalue weighted by molar-refractivity contribution is -0.113. The molecule has 1 saturated heterocycles. The maximum absolute atomic E-state index is 12.7. The lowest BCUT2D eigenvalue weighted by Gasteiger charge is -2.35. The number of aromatic nitrogens is 2. The van der Waals surface area contributed by atoms with Gasteiger partial charge in [-0.3, -0.25) is 9.69 Å². The van der Waals surface area contributed by atoms with Gasteiger partial charge in [0.2, 0.25) is 11.9 Å². The highest BCUT2D eigenvalue weighted by Crippen LogP contribution is 2.30. The monoisotopic (exact) mass is 521 g/mol. The molecule has 4 aromatic rings. The normalized spacial score (nSPS) is 14.0. The fourth-order valence-corrected chi connectivity index (χ4v) is 4.74. The van der Waals surface area contributed by atoms with Crippen molar-refractivity contribution in [3.8, 4) is 17.2 Å². The van der Waals surface area contributed by atoms with Crippen LogP contribution in [0.25, 0.3) is 28.1 Å². The number of amides is 1. The first-order chi connectivity index (χ1) is 19.0. The number of carbonyl (C=O) groups excluding carboxylic acids is 1. The molecule has 2 heterocycles. The molecule has 0 bridgehead atoms. The van der Waals surface area contributed by atoms with Gasteiger partial charge in [-0.05, 0) is 41.5 Å². The number of benzene rings is 3. The molecular formula is C30H28FN7O. The van der Waals surface area contributed by atoms with Crippen LogP contribution in [0.2, 0.25) is 0 Å². The third-order valence-corrected chi connectivity index (χ3v) is 6.76. The summed E-state index contributed by atoms with van der Waals surface area (Å²) in [6.07, 6.45) is 4.76. The Bertz CT molecular complexity index is 1570. The van der Waals surface area contributed by atoms with E-state index in [4.69, 9.17) is 10.7 Å². The van der Waals surface area contributed by atoms with E-state index in [2.05, 4.69) is 26.2 Å². The number of para-hydroxylation sites is 1. The van der Waals surface area contributed by atoms with Gasteiger partial charge in [-0.1, -0.05) is 36.4 Å². The number of rotatable bonds is 8. The van der Waals surface area contributed by atoms with E-state index in [0.717, 1.165) is 59.5 Å². The molecule has 9 heteroatoms. The zero-order valence-electron chi connectivity index (χ0n) is 21.3. The Kier molecular flexibility index (Phi) is 7.75. The van der Waals surface area contributed by atoms with Crippen LogP contribution in [0.3, 0.4) is 0 Å². The molecule has 3 aromatic carbocycles. The molecule has 0 atom stereocenters. The molecule has 1 aromatic heterocycles. The number of carbonyl (C=O) groups is 1. The third kappa shape index (κ3) is 6.03. The molecule has 0 radical (unpaired) electrons. The van der Waals surface area contributed by atoms with E-state index in [9.17, 15) is 14.4 Å². The summed E-state index contributed by atoms with van der Waals surface area (Å²) in [5.74, 6) is -0.126. The van der Waals surface area contributed by atoms with E-state index in [0.29, 0.717) is 23.7 Å². The van der Waals surface area contributed by atoms with Crippen LogP contribution >= 0.6 is 0 Å². The second kappa shape index (κ2) is 11.7. The fraction of sp³-hybridized carbons (Fsp3) is 0.200. The van der Waals surface area contributed by atoms with Crippen molar-refractivity contribution < 1.29 is 9.18 Å². The molecule has 0 aliphatic carbocycles. The fourth-order valence-electron chi connectivity index (χ4n) is 4.74.